The van der Waals surface area contributed by atoms with Crippen LogP contribution in [0.25, 0.3) is 33.5 Å². The number of rotatable bonds is 4. The maximum atomic E-state index is 13.1. The average molecular weight is 456 g/mol. The van der Waals surface area contributed by atoms with Crippen molar-refractivity contribution in [2.75, 3.05) is 13.1 Å². The zero-order valence-electron chi connectivity index (χ0n) is 18.0. The number of piperidine rings is 1. The monoisotopic (exact) mass is 455 g/mol. The Balaban J connectivity index is 1.59. The predicted octanol–water partition coefficient (Wildman–Crippen LogP) is 4.69. The summed E-state index contributed by atoms with van der Waals surface area (Å²) in [5.41, 5.74) is 3.51. The van der Waals surface area contributed by atoms with Crippen LogP contribution in [-0.4, -0.2) is 43.9 Å². The van der Waals surface area contributed by atoms with Crippen molar-refractivity contribution in [3.63, 3.8) is 0 Å². The Morgan fingerprint density at radius 1 is 1.03 bits per heavy atom. The van der Waals surface area contributed by atoms with Crippen molar-refractivity contribution in [3.8, 4) is 34.9 Å². The molecule has 1 unspecified atom stereocenters. The lowest BCUT2D eigenvalue weighted by atomic mass is 9.99. The highest BCUT2D eigenvalue weighted by molar-refractivity contribution is 6.38. The second-order valence-corrected chi connectivity index (χ2v) is 8.52. The Labute approximate surface area is 197 Å². The molecule has 1 saturated heterocycles. The number of halogens is 1. The topological polar surface area (TPSA) is 63.9 Å². The van der Waals surface area contributed by atoms with Gasteiger partial charge in [0.1, 0.15) is 17.9 Å². The molecule has 0 bridgehead atoms. The first-order valence-electron chi connectivity index (χ1n) is 10.9. The number of carbonyl (C=O) groups excluding carboxylic acids is 1. The molecule has 0 saturated carbocycles. The number of terminal acetylenes is 1. The molecule has 4 aromatic rings. The van der Waals surface area contributed by atoms with Gasteiger partial charge in [-0.15, -0.1) is 22.5 Å². The largest absolute Gasteiger partial charge is 0.340 e. The summed E-state index contributed by atoms with van der Waals surface area (Å²) in [5, 5.41) is 14.8. The van der Waals surface area contributed by atoms with Gasteiger partial charge >= 0.3 is 0 Å². The normalized spacial score (nSPS) is 16.0. The summed E-state index contributed by atoms with van der Waals surface area (Å²) in [4.78, 5) is 14.9. The Kier molecular flexibility index (Phi) is 5.80. The number of aromatic nitrogens is 4. The molecule has 2 aromatic heterocycles. The lowest BCUT2D eigenvalue weighted by Crippen LogP contribution is -2.41. The third-order valence-electron chi connectivity index (χ3n) is 5.99. The van der Waals surface area contributed by atoms with Crippen LogP contribution in [-0.2, 0) is 11.3 Å². The lowest BCUT2D eigenvalue weighted by Gasteiger charge is -2.30. The van der Waals surface area contributed by atoms with Gasteiger partial charge in [-0.3, -0.25) is 4.79 Å². The van der Waals surface area contributed by atoms with Crippen molar-refractivity contribution in [1.82, 2.24) is 24.9 Å². The maximum absolute atomic E-state index is 13.1. The van der Waals surface area contributed by atoms with E-state index in [0.29, 0.717) is 40.5 Å². The zero-order chi connectivity index (χ0) is 22.8. The van der Waals surface area contributed by atoms with Crippen LogP contribution >= 0.6 is 11.6 Å². The fourth-order valence-electron chi connectivity index (χ4n) is 4.27. The highest BCUT2D eigenvalue weighted by atomic mass is 35.5. The number of amides is 1. The second-order valence-electron chi connectivity index (χ2n) is 8.15. The minimum absolute atomic E-state index is 0.0379. The van der Waals surface area contributed by atoms with Crippen molar-refractivity contribution in [1.29, 1.82) is 0 Å². The minimum Gasteiger partial charge on any atom is -0.340 e. The summed E-state index contributed by atoms with van der Waals surface area (Å²) >= 11 is 6.89. The van der Waals surface area contributed by atoms with Crippen molar-refractivity contribution < 1.29 is 4.79 Å². The fraction of sp³-hybridized carbons (Fsp3) is 0.231. The van der Waals surface area contributed by atoms with Crippen molar-refractivity contribution >= 4 is 28.5 Å². The molecule has 33 heavy (non-hydrogen) atoms. The molecule has 1 aliphatic rings. The fourth-order valence-corrected chi connectivity index (χ4v) is 4.59. The second kappa shape index (κ2) is 9.05. The van der Waals surface area contributed by atoms with E-state index in [-0.39, 0.29) is 18.4 Å². The van der Waals surface area contributed by atoms with Crippen LogP contribution in [0.1, 0.15) is 12.8 Å². The number of nitrogens with zero attached hydrogens (tertiary/aromatic N) is 5. The molecule has 1 amide bonds. The van der Waals surface area contributed by atoms with Crippen molar-refractivity contribution in [3.05, 3.63) is 65.7 Å². The van der Waals surface area contributed by atoms with E-state index in [1.807, 2.05) is 65.6 Å². The molecular weight excluding hydrogens is 434 g/mol. The van der Waals surface area contributed by atoms with Gasteiger partial charge in [-0.2, -0.15) is 5.10 Å². The molecule has 1 atom stereocenters. The zero-order valence-corrected chi connectivity index (χ0v) is 18.7. The van der Waals surface area contributed by atoms with E-state index >= 15 is 0 Å². The highest BCUT2D eigenvalue weighted by Crippen LogP contribution is 2.37. The van der Waals surface area contributed by atoms with Gasteiger partial charge in [-0.05, 0) is 12.8 Å². The van der Waals surface area contributed by atoms with E-state index in [1.54, 1.807) is 4.68 Å². The van der Waals surface area contributed by atoms with Crippen LogP contribution in [0.15, 0.2) is 60.7 Å². The summed E-state index contributed by atoms with van der Waals surface area (Å²) in [6.07, 6.45) is 7.46. The quantitative estimate of drug-likeness (QED) is 0.419. The van der Waals surface area contributed by atoms with Crippen molar-refractivity contribution in [2.24, 2.45) is 5.92 Å². The van der Waals surface area contributed by atoms with Gasteiger partial charge in [-0.1, -0.05) is 72.3 Å². The summed E-state index contributed by atoms with van der Waals surface area (Å²) < 4.78 is 1.60. The first-order valence-corrected chi connectivity index (χ1v) is 11.3. The SMILES string of the molecule is C#CC1CCCN(C(=O)Cn2nc(-c3ccccc3)c3c(Cl)c(-c4ccccc4)nnc32)C1. The number of benzene rings is 2. The van der Waals surface area contributed by atoms with Crippen LogP contribution in [0, 0.1) is 18.3 Å². The Bertz CT molecular complexity index is 1340. The molecule has 1 fully saturated rings. The van der Waals surface area contributed by atoms with Crippen molar-refractivity contribution in [2.45, 2.75) is 19.4 Å². The van der Waals surface area contributed by atoms with Gasteiger partial charge in [0.2, 0.25) is 5.91 Å². The van der Waals surface area contributed by atoms with Gasteiger partial charge in [-0.25, -0.2) is 4.68 Å². The Morgan fingerprint density at radius 3 is 2.36 bits per heavy atom. The number of carbonyl (C=O) groups is 1. The van der Waals surface area contributed by atoms with Gasteiger partial charge in [0.25, 0.3) is 0 Å². The molecule has 0 radical (unpaired) electrons. The summed E-state index contributed by atoms with van der Waals surface area (Å²) in [6, 6.07) is 19.4. The minimum atomic E-state index is -0.0379. The maximum Gasteiger partial charge on any atom is 0.244 e. The van der Waals surface area contributed by atoms with Crippen LogP contribution < -0.4 is 0 Å². The number of hydrogen-bond acceptors (Lipinski definition) is 4. The molecule has 2 aromatic carbocycles. The third kappa shape index (κ3) is 4.08. The number of likely N-dealkylation sites (tertiary alicyclic amines) is 1. The van der Waals surface area contributed by atoms with Crippen LogP contribution in [0.2, 0.25) is 5.02 Å². The van der Waals surface area contributed by atoms with Crippen LogP contribution in [0.5, 0.6) is 0 Å². The van der Waals surface area contributed by atoms with Gasteiger partial charge < -0.3 is 4.90 Å². The molecule has 0 spiro atoms. The highest BCUT2D eigenvalue weighted by Gasteiger charge is 2.26. The lowest BCUT2D eigenvalue weighted by molar-refractivity contribution is -0.133. The average Bonchev–Trinajstić information content (AvgIpc) is 3.24. The van der Waals surface area contributed by atoms with E-state index in [9.17, 15) is 4.79 Å². The van der Waals surface area contributed by atoms with Gasteiger partial charge in [0.15, 0.2) is 5.65 Å². The summed E-state index contributed by atoms with van der Waals surface area (Å²) in [7, 11) is 0. The van der Waals surface area contributed by atoms with Crippen LogP contribution in [0.4, 0.5) is 0 Å². The van der Waals surface area contributed by atoms with Gasteiger partial charge in [0, 0.05) is 30.1 Å². The number of fused-ring (bicyclic) bond motifs is 1. The summed E-state index contributed by atoms with van der Waals surface area (Å²) in [5.74, 6) is 2.84. The third-order valence-corrected chi connectivity index (χ3v) is 6.35. The Hall–Kier alpha value is -3.69. The molecule has 6 nitrogen and oxygen atoms in total. The molecular formula is C26H22ClN5O. The summed E-state index contributed by atoms with van der Waals surface area (Å²) in [6.45, 7) is 1.33. The van der Waals surface area contributed by atoms with E-state index in [4.69, 9.17) is 23.1 Å². The van der Waals surface area contributed by atoms with E-state index in [2.05, 4.69) is 16.1 Å². The molecule has 5 rings (SSSR count). The molecule has 164 valence electrons. The number of hydrogen-bond donors (Lipinski definition) is 0. The first-order chi connectivity index (χ1) is 16.2. The first kappa shape index (κ1) is 21.2. The molecule has 3 heterocycles. The molecule has 0 N–H and O–H groups in total. The molecule has 1 aliphatic heterocycles. The predicted molar refractivity (Wildman–Crippen MR) is 129 cm³/mol. The van der Waals surface area contributed by atoms with Gasteiger partial charge in [0.05, 0.1) is 10.4 Å². The van der Waals surface area contributed by atoms with E-state index in [0.717, 1.165) is 24.0 Å². The molecule has 0 aliphatic carbocycles. The van der Waals surface area contributed by atoms with Crippen LogP contribution in [0.3, 0.4) is 0 Å². The van der Waals surface area contributed by atoms with E-state index < -0.39 is 0 Å². The standard InChI is InChI=1S/C26H22ClN5O/c1-2-18-10-9-15-31(16-18)21(33)17-32-26-22(24(30-32)19-11-5-3-6-12-19)23(27)25(28-29-26)20-13-7-4-8-14-20/h1,3-8,11-14,18H,9-10,15-17H2. The Morgan fingerprint density at radius 2 is 1.70 bits per heavy atom. The van der Waals surface area contributed by atoms with E-state index in [1.165, 1.54) is 0 Å². The smallest absolute Gasteiger partial charge is 0.244 e. The molecule has 7 heteroatoms.